The molecular formula is C24H27ClN4O9. The number of ketones is 2. The highest BCUT2D eigenvalue weighted by molar-refractivity contribution is 6.35. The van der Waals surface area contributed by atoms with Crippen molar-refractivity contribution in [2.24, 2.45) is 17.6 Å². The first-order valence-electron chi connectivity index (χ1n) is 11.5. The quantitative estimate of drug-likeness (QED) is 0.176. The number of primary amides is 1. The first-order valence-corrected chi connectivity index (χ1v) is 11.9. The Kier molecular flexibility index (Phi) is 6.68. The van der Waals surface area contributed by atoms with Crippen molar-refractivity contribution in [3.8, 4) is 5.75 Å². The van der Waals surface area contributed by atoms with E-state index in [1.807, 2.05) is 0 Å². The molecule has 0 saturated heterocycles. The molecule has 0 radical (unpaired) electrons. The molecule has 1 aromatic carbocycles. The molecule has 3 aliphatic rings. The molecule has 7 N–H and O–H groups in total. The molecule has 4 rings (SSSR count). The van der Waals surface area contributed by atoms with Gasteiger partial charge in [0, 0.05) is 25.6 Å². The first kappa shape index (κ1) is 27.4. The number of benzene rings is 1. The largest absolute Gasteiger partial charge is 0.510 e. The molecule has 13 nitrogen and oxygen atoms in total. The molecule has 3 aliphatic carbocycles. The molecule has 4 atom stereocenters. The van der Waals surface area contributed by atoms with E-state index in [0.717, 1.165) is 5.06 Å². The van der Waals surface area contributed by atoms with Crippen LogP contribution in [0.15, 0.2) is 28.7 Å². The maximum atomic E-state index is 13.7. The van der Waals surface area contributed by atoms with Gasteiger partial charge >= 0.3 is 6.09 Å². The number of phenols is 1. The number of aliphatic hydroxyl groups is 3. The molecule has 38 heavy (non-hydrogen) atoms. The van der Waals surface area contributed by atoms with Gasteiger partial charge in [-0.2, -0.15) is 0 Å². The minimum Gasteiger partial charge on any atom is -0.510 e. The minimum atomic E-state index is -2.75. The van der Waals surface area contributed by atoms with Crippen LogP contribution in [0, 0.1) is 11.8 Å². The number of hydrogen-bond donors (Lipinski definition) is 6. The normalized spacial score (nSPS) is 26.8. The summed E-state index contributed by atoms with van der Waals surface area (Å²) in [6, 6.07) is 0.290. The van der Waals surface area contributed by atoms with E-state index in [4.69, 9.17) is 22.2 Å². The number of nitrogens with zero attached hydrogens (tertiary/aromatic N) is 2. The number of carbonyl (C=O) groups is 4. The molecule has 1 aromatic rings. The zero-order chi connectivity index (χ0) is 28.4. The lowest BCUT2D eigenvalue weighted by Gasteiger charge is -2.50. The van der Waals surface area contributed by atoms with Crippen molar-refractivity contribution in [3.05, 3.63) is 44.9 Å². The number of fused-ring (bicyclic) bond motifs is 3. The molecule has 0 aromatic heterocycles. The molecule has 0 bridgehead atoms. The van der Waals surface area contributed by atoms with Crippen LogP contribution in [0.2, 0.25) is 5.02 Å². The van der Waals surface area contributed by atoms with Crippen molar-refractivity contribution >= 4 is 40.9 Å². The van der Waals surface area contributed by atoms with Crippen LogP contribution in [0.4, 0.5) is 10.5 Å². The number of amides is 2. The van der Waals surface area contributed by atoms with Crippen molar-refractivity contribution < 1.29 is 44.4 Å². The Balaban J connectivity index is 1.87. The smallest absolute Gasteiger partial charge is 0.430 e. The molecule has 0 saturated carbocycles. The number of nitrogens with two attached hydrogens (primary N) is 1. The Bertz CT molecular complexity index is 1350. The molecule has 0 fully saturated rings. The first-order chi connectivity index (χ1) is 17.6. The lowest BCUT2D eigenvalue weighted by molar-refractivity contribution is -0.148. The molecule has 3 unspecified atom stereocenters. The zero-order valence-electron chi connectivity index (χ0n) is 20.9. The van der Waals surface area contributed by atoms with Crippen LogP contribution >= 0.6 is 11.6 Å². The van der Waals surface area contributed by atoms with Crippen LogP contribution in [-0.2, 0) is 20.8 Å². The Morgan fingerprint density at radius 2 is 1.82 bits per heavy atom. The lowest BCUT2D eigenvalue weighted by Crippen LogP contribution is -2.63. The number of likely N-dealkylation sites (N-methyl/N-ethyl adjacent to an activating group) is 1. The standard InChI is InChI=1S/C24H27ClN4O9/c1-28(2)16-10-6-8-5-9-7-11(25)15(27-23(36)38-29(3)4)18(31)12(9)17(30)13(8)20(33)24(10,37)21(34)14(19(16)32)22(26)35/h7-8,10,16,31-33,37H,5-6H2,1-4H3,(H2,26,35)(H,27,36)/t8?,10?,16-,24?/m0/s1. The number of halogens is 1. The van der Waals surface area contributed by atoms with Gasteiger partial charge in [-0.25, -0.2) is 4.79 Å². The lowest BCUT2D eigenvalue weighted by atomic mass is 9.58. The predicted molar refractivity (Wildman–Crippen MR) is 132 cm³/mol. The molecule has 0 heterocycles. The number of anilines is 1. The Morgan fingerprint density at radius 3 is 2.37 bits per heavy atom. The van der Waals surface area contributed by atoms with Crippen LogP contribution in [0.5, 0.6) is 5.75 Å². The third-order valence-electron chi connectivity index (χ3n) is 7.16. The van der Waals surface area contributed by atoms with E-state index < -0.39 is 69.9 Å². The number of allylic oxidation sites excluding steroid dienone is 1. The van der Waals surface area contributed by atoms with Gasteiger partial charge in [0.25, 0.3) is 5.91 Å². The summed E-state index contributed by atoms with van der Waals surface area (Å²) in [4.78, 5) is 57.4. The van der Waals surface area contributed by atoms with Crippen molar-refractivity contribution in [2.75, 3.05) is 33.5 Å². The highest BCUT2D eigenvalue weighted by atomic mass is 35.5. The van der Waals surface area contributed by atoms with Crippen molar-refractivity contribution in [3.63, 3.8) is 0 Å². The van der Waals surface area contributed by atoms with Gasteiger partial charge in [-0.1, -0.05) is 11.6 Å². The van der Waals surface area contributed by atoms with Crippen molar-refractivity contribution in [1.82, 2.24) is 9.96 Å². The van der Waals surface area contributed by atoms with Gasteiger partial charge in [0.2, 0.25) is 5.78 Å². The van der Waals surface area contributed by atoms with Crippen molar-refractivity contribution in [2.45, 2.75) is 24.5 Å². The number of Topliss-reactive ketones (excluding diaryl/α,β-unsaturated/α-hetero) is 2. The van der Waals surface area contributed by atoms with E-state index in [2.05, 4.69) is 5.32 Å². The molecule has 204 valence electrons. The monoisotopic (exact) mass is 550 g/mol. The van der Waals surface area contributed by atoms with E-state index in [1.165, 1.54) is 25.1 Å². The Morgan fingerprint density at radius 1 is 1.18 bits per heavy atom. The van der Waals surface area contributed by atoms with Crippen LogP contribution < -0.4 is 11.1 Å². The summed E-state index contributed by atoms with van der Waals surface area (Å²) in [5.74, 6) is -7.77. The fourth-order valence-corrected chi connectivity index (χ4v) is 5.95. The summed E-state index contributed by atoms with van der Waals surface area (Å²) in [5.41, 5.74) is 1.04. The van der Waals surface area contributed by atoms with Gasteiger partial charge in [0.05, 0.1) is 16.6 Å². The van der Waals surface area contributed by atoms with Crippen LogP contribution in [-0.4, -0.2) is 93.8 Å². The highest BCUT2D eigenvalue weighted by Crippen LogP contribution is 2.53. The number of hydrogen-bond acceptors (Lipinski definition) is 11. The molecule has 2 amide bonds. The summed E-state index contributed by atoms with van der Waals surface area (Å²) in [5, 5.41) is 47.8. The number of hydroxylamine groups is 2. The molecular weight excluding hydrogens is 524 g/mol. The summed E-state index contributed by atoms with van der Waals surface area (Å²) >= 11 is 6.29. The molecule has 0 spiro atoms. The number of carbonyl (C=O) groups excluding carboxylic acids is 4. The number of aliphatic hydroxyl groups excluding tert-OH is 2. The van der Waals surface area contributed by atoms with E-state index in [-0.39, 0.29) is 34.7 Å². The second-order valence-electron chi connectivity index (χ2n) is 9.90. The second kappa shape index (κ2) is 9.27. The van der Waals surface area contributed by atoms with Gasteiger partial charge in [-0.3, -0.25) is 24.6 Å². The minimum absolute atomic E-state index is 0.0562. The van der Waals surface area contributed by atoms with E-state index in [0.29, 0.717) is 5.56 Å². The fourth-order valence-electron chi connectivity index (χ4n) is 5.68. The van der Waals surface area contributed by atoms with E-state index in [1.54, 1.807) is 14.1 Å². The van der Waals surface area contributed by atoms with Gasteiger partial charge in [-0.05, 0) is 44.5 Å². The number of aromatic hydroxyl groups is 1. The van der Waals surface area contributed by atoms with Crippen molar-refractivity contribution in [1.29, 1.82) is 0 Å². The summed E-state index contributed by atoms with van der Waals surface area (Å²) in [6.07, 6.45) is -0.998. The average molecular weight is 551 g/mol. The van der Waals surface area contributed by atoms with E-state index >= 15 is 0 Å². The highest BCUT2D eigenvalue weighted by Gasteiger charge is 2.63. The Hall–Kier alpha value is -3.65. The number of rotatable bonds is 4. The van der Waals surface area contributed by atoms with Crippen LogP contribution in [0.1, 0.15) is 22.3 Å². The SMILES string of the molecule is CN(C)OC(=O)Nc1c(Cl)cc2c(c1O)C(=O)C1=C(O)C3(O)C(=O)C(C(N)=O)=C(O)[C@@H](N(C)C)C3CC1C2. The number of nitrogens with one attached hydrogen (secondary N) is 1. The number of phenolic OH excluding ortho intramolecular Hbond substituents is 1. The predicted octanol–water partition coefficient (Wildman–Crippen LogP) is 0.799. The maximum Gasteiger partial charge on any atom is 0.430 e. The summed E-state index contributed by atoms with van der Waals surface area (Å²) in [6.45, 7) is 0. The van der Waals surface area contributed by atoms with Crippen LogP contribution in [0.3, 0.4) is 0 Å². The Labute approximate surface area is 221 Å². The molecule has 0 aliphatic heterocycles. The summed E-state index contributed by atoms with van der Waals surface area (Å²) in [7, 11) is 5.97. The average Bonchev–Trinajstić information content (AvgIpc) is 2.78. The second-order valence-corrected chi connectivity index (χ2v) is 10.3. The van der Waals surface area contributed by atoms with Gasteiger partial charge in [0.15, 0.2) is 17.1 Å². The third-order valence-corrected chi connectivity index (χ3v) is 7.46. The van der Waals surface area contributed by atoms with Crippen LogP contribution in [0.25, 0.3) is 0 Å². The van der Waals surface area contributed by atoms with Gasteiger partial charge in [-0.15, -0.1) is 5.06 Å². The molecule has 14 heteroatoms. The van der Waals surface area contributed by atoms with Gasteiger partial charge in [0.1, 0.15) is 22.8 Å². The topological polar surface area (TPSA) is 203 Å². The summed E-state index contributed by atoms with van der Waals surface area (Å²) < 4.78 is 0. The van der Waals surface area contributed by atoms with E-state index in [9.17, 15) is 39.6 Å². The zero-order valence-corrected chi connectivity index (χ0v) is 21.7. The third kappa shape index (κ3) is 3.89. The van der Waals surface area contributed by atoms with Gasteiger partial charge < -0.3 is 31.0 Å². The fraction of sp³-hybridized carbons (Fsp3) is 0.417. The maximum absolute atomic E-state index is 13.7.